The van der Waals surface area contributed by atoms with Crippen LogP contribution in [0.1, 0.15) is 20.8 Å². The number of rotatable bonds is 6. The van der Waals surface area contributed by atoms with Crippen LogP contribution in [0.15, 0.2) is 21.8 Å². The Labute approximate surface area is 114 Å². The molecule has 0 bridgehead atoms. The predicted molar refractivity (Wildman–Crippen MR) is 77.1 cm³/mol. The molecule has 1 heterocycles. The zero-order valence-corrected chi connectivity index (χ0v) is 12.1. The fraction of sp³-hybridized carbons (Fsp3) is 0.692. The van der Waals surface area contributed by atoms with Gasteiger partial charge in [-0.1, -0.05) is 13.8 Å². The summed E-state index contributed by atoms with van der Waals surface area (Å²) >= 11 is 0. The van der Waals surface area contributed by atoms with Gasteiger partial charge in [-0.2, -0.15) is 0 Å². The van der Waals surface area contributed by atoms with Crippen molar-refractivity contribution in [3.8, 4) is 0 Å². The van der Waals surface area contributed by atoms with Crippen LogP contribution >= 0.6 is 0 Å². The fourth-order valence-corrected chi connectivity index (χ4v) is 1.90. The van der Waals surface area contributed by atoms with Gasteiger partial charge in [0.25, 0.3) is 0 Å². The molecule has 3 N–H and O–H groups in total. The average molecular weight is 268 g/mol. The number of hydrogen-bond donors (Lipinski definition) is 2. The molecule has 0 saturated heterocycles. The van der Waals surface area contributed by atoms with Crippen molar-refractivity contribution in [2.24, 2.45) is 21.6 Å². The van der Waals surface area contributed by atoms with E-state index in [1.54, 1.807) is 13.4 Å². The number of hydrogen-bond acceptors (Lipinski definition) is 5. The predicted octanol–water partition coefficient (Wildman–Crippen LogP) is 0.581. The Morgan fingerprint density at radius 1 is 1.63 bits per heavy atom. The monoisotopic (exact) mass is 268 g/mol. The number of methoxy groups -OCH3 is 1. The summed E-state index contributed by atoms with van der Waals surface area (Å²) < 4.78 is 5.13. The zero-order valence-electron chi connectivity index (χ0n) is 12.1. The van der Waals surface area contributed by atoms with Crippen LogP contribution in [0, 0.1) is 5.92 Å². The van der Waals surface area contributed by atoms with Gasteiger partial charge in [-0.3, -0.25) is 9.98 Å². The van der Waals surface area contributed by atoms with Gasteiger partial charge in [0.1, 0.15) is 12.4 Å². The molecular formula is C13H24N4O2. The number of aliphatic hydroxyl groups is 1. The van der Waals surface area contributed by atoms with Gasteiger partial charge in [-0.05, 0) is 18.9 Å². The second-order valence-electron chi connectivity index (χ2n) is 4.86. The molecule has 0 aliphatic carbocycles. The molecule has 0 aromatic rings. The van der Waals surface area contributed by atoms with Crippen molar-refractivity contribution >= 4 is 12.1 Å². The smallest absolute Gasteiger partial charge is 0.123 e. The lowest BCUT2D eigenvalue weighted by atomic mass is 10.1. The van der Waals surface area contributed by atoms with Crippen molar-refractivity contribution in [2.45, 2.75) is 33.2 Å². The Kier molecular flexibility index (Phi) is 6.14. The number of ether oxygens (including phenoxy) is 1. The van der Waals surface area contributed by atoms with E-state index in [9.17, 15) is 0 Å². The molecule has 1 aliphatic rings. The molecule has 0 radical (unpaired) electrons. The molecule has 1 aliphatic heterocycles. The highest BCUT2D eigenvalue weighted by atomic mass is 16.5. The molecule has 6 heteroatoms. The van der Waals surface area contributed by atoms with E-state index in [2.05, 4.69) is 23.8 Å². The van der Waals surface area contributed by atoms with Crippen LogP contribution in [0.5, 0.6) is 0 Å². The lowest BCUT2D eigenvalue weighted by molar-refractivity contribution is 0.191. The first-order valence-corrected chi connectivity index (χ1v) is 6.44. The molecule has 1 rings (SSSR count). The van der Waals surface area contributed by atoms with Crippen molar-refractivity contribution in [3.05, 3.63) is 11.8 Å². The standard InChI is InChI=1S/C13H24N4O2/c1-9(2)12-5-11(7-19-4)16-10(3)17(12)8-15-6-13(14)18/h5,8-10,13,18H,6-7,14H2,1-4H3/b15-8-. The maximum atomic E-state index is 9.02. The van der Waals surface area contributed by atoms with Crippen molar-refractivity contribution < 1.29 is 9.84 Å². The quantitative estimate of drug-likeness (QED) is 0.419. The third-order valence-electron chi connectivity index (χ3n) is 2.75. The molecule has 2 atom stereocenters. The van der Waals surface area contributed by atoms with Gasteiger partial charge in [-0.15, -0.1) is 0 Å². The van der Waals surface area contributed by atoms with E-state index in [0.717, 1.165) is 11.4 Å². The summed E-state index contributed by atoms with van der Waals surface area (Å²) in [5.41, 5.74) is 7.33. The summed E-state index contributed by atoms with van der Waals surface area (Å²) in [6.07, 6.45) is 2.76. The summed E-state index contributed by atoms with van der Waals surface area (Å²) in [6.45, 7) is 6.92. The summed E-state index contributed by atoms with van der Waals surface area (Å²) in [4.78, 5) is 10.7. The Morgan fingerprint density at radius 2 is 2.32 bits per heavy atom. The minimum Gasteiger partial charge on any atom is -0.378 e. The lowest BCUT2D eigenvalue weighted by Gasteiger charge is -2.33. The van der Waals surface area contributed by atoms with E-state index in [1.807, 2.05) is 17.9 Å². The van der Waals surface area contributed by atoms with E-state index < -0.39 is 6.23 Å². The van der Waals surface area contributed by atoms with Crippen molar-refractivity contribution in [1.29, 1.82) is 0 Å². The minimum atomic E-state index is -0.921. The first kappa shape index (κ1) is 15.8. The van der Waals surface area contributed by atoms with Gasteiger partial charge in [0.05, 0.1) is 25.2 Å². The molecule has 108 valence electrons. The highest BCUT2D eigenvalue weighted by Gasteiger charge is 2.22. The van der Waals surface area contributed by atoms with Crippen LogP contribution in [0.4, 0.5) is 0 Å². The maximum absolute atomic E-state index is 9.02. The third kappa shape index (κ3) is 4.74. The van der Waals surface area contributed by atoms with Gasteiger partial charge in [-0.25, -0.2) is 0 Å². The van der Waals surface area contributed by atoms with Crippen LogP contribution in [-0.4, -0.2) is 54.7 Å². The number of nitrogens with zero attached hydrogens (tertiary/aromatic N) is 3. The topological polar surface area (TPSA) is 83.4 Å². The Balaban J connectivity index is 2.86. The highest BCUT2D eigenvalue weighted by molar-refractivity contribution is 5.97. The Bertz CT molecular complexity index is 375. The van der Waals surface area contributed by atoms with Gasteiger partial charge in [0, 0.05) is 12.8 Å². The fourth-order valence-electron chi connectivity index (χ4n) is 1.90. The molecule has 0 aromatic carbocycles. The van der Waals surface area contributed by atoms with Gasteiger partial charge in [0.2, 0.25) is 0 Å². The van der Waals surface area contributed by atoms with E-state index in [0.29, 0.717) is 12.5 Å². The average Bonchev–Trinajstić information content (AvgIpc) is 2.31. The molecule has 19 heavy (non-hydrogen) atoms. The van der Waals surface area contributed by atoms with Gasteiger partial charge < -0.3 is 20.5 Å². The lowest BCUT2D eigenvalue weighted by Crippen LogP contribution is -2.37. The van der Waals surface area contributed by atoms with Crippen molar-refractivity contribution in [1.82, 2.24) is 4.90 Å². The normalized spacial score (nSPS) is 21.8. The highest BCUT2D eigenvalue weighted by Crippen LogP contribution is 2.21. The number of aliphatic imine (C=N–C) groups is 2. The molecule has 2 unspecified atom stereocenters. The minimum absolute atomic E-state index is 0.0359. The second-order valence-corrected chi connectivity index (χ2v) is 4.86. The summed E-state index contributed by atoms with van der Waals surface area (Å²) in [7, 11) is 1.66. The number of nitrogens with two attached hydrogens (primary N) is 1. The zero-order chi connectivity index (χ0) is 14.4. The largest absolute Gasteiger partial charge is 0.378 e. The van der Waals surface area contributed by atoms with E-state index >= 15 is 0 Å². The first-order chi connectivity index (χ1) is 8.95. The second kappa shape index (κ2) is 7.37. The van der Waals surface area contributed by atoms with Crippen LogP contribution in [0.3, 0.4) is 0 Å². The van der Waals surface area contributed by atoms with Crippen molar-refractivity contribution in [2.75, 3.05) is 20.3 Å². The van der Waals surface area contributed by atoms with Gasteiger partial charge >= 0.3 is 0 Å². The summed E-state index contributed by atoms with van der Waals surface area (Å²) in [6, 6.07) is 0. The van der Waals surface area contributed by atoms with Crippen LogP contribution in [0.25, 0.3) is 0 Å². The van der Waals surface area contributed by atoms with E-state index in [-0.39, 0.29) is 12.7 Å². The Hall–Kier alpha value is -1.24. The first-order valence-electron chi connectivity index (χ1n) is 6.44. The maximum Gasteiger partial charge on any atom is 0.123 e. The molecular weight excluding hydrogens is 244 g/mol. The van der Waals surface area contributed by atoms with Crippen LogP contribution in [0.2, 0.25) is 0 Å². The SMILES string of the molecule is COCC1=NC(C)N(/C=N\CC(N)O)C(C(C)C)=C1. The molecule has 0 fully saturated rings. The van der Waals surface area contributed by atoms with Crippen LogP contribution < -0.4 is 5.73 Å². The summed E-state index contributed by atoms with van der Waals surface area (Å²) in [5.74, 6) is 0.346. The molecule has 0 saturated carbocycles. The van der Waals surface area contributed by atoms with Gasteiger partial charge in [0.15, 0.2) is 0 Å². The molecule has 6 nitrogen and oxygen atoms in total. The third-order valence-corrected chi connectivity index (χ3v) is 2.75. The molecule has 0 spiro atoms. The molecule has 0 aromatic heterocycles. The van der Waals surface area contributed by atoms with Crippen molar-refractivity contribution in [3.63, 3.8) is 0 Å². The van der Waals surface area contributed by atoms with E-state index in [1.165, 1.54) is 0 Å². The Morgan fingerprint density at radius 3 is 2.84 bits per heavy atom. The summed E-state index contributed by atoms with van der Waals surface area (Å²) in [5, 5.41) is 9.02. The number of aliphatic hydroxyl groups excluding tert-OH is 1. The molecule has 0 amide bonds. The number of allylic oxidation sites excluding steroid dienone is 1. The van der Waals surface area contributed by atoms with E-state index in [4.69, 9.17) is 15.6 Å². The van der Waals surface area contributed by atoms with Crippen LogP contribution in [-0.2, 0) is 4.74 Å².